The van der Waals surface area contributed by atoms with Gasteiger partial charge in [0.05, 0.1) is 6.04 Å². The minimum Gasteiger partial charge on any atom is -0.331 e. The molecule has 0 radical (unpaired) electrons. The molecule has 86 valence electrons. The summed E-state index contributed by atoms with van der Waals surface area (Å²) in [5.41, 5.74) is 0. The standard InChI is InChI=1S/C11H16N4O/c16-10(15-11-12-4-5-13-11)9-8-3-1-2-7(8)6-14-9/h4-5,7-9,14H,1-3,6H2,(H2,12,13,15,16). The van der Waals surface area contributed by atoms with Gasteiger partial charge in [-0.2, -0.15) is 0 Å². The minimum absolute atomic E-state index is 0.0300. The van der Waals surface area contributed by atoms with Crippen LogP contribution in [-0.2, 0) is 4.79 Å². The summed E-state index contributed by atoms with van der Waals surface area (Å²) < 4.78 is 0. The molecule has 1 amide bonds. The number of nitrogens with zero attached hydrogens (tertiary/aromatic N) is 1. The van der Waals surface area contributed by atoms with E-state index in [1.807, 2.05) is 0 Å². The normalized spacial score (nSPS) is 32.6. The minimum atomic E-state index is -0.0300. The molecule has 3 rings (SSSR count). The van der Waals surface area contributed by atoms with E-state index in [2.05, 4.69) is 20.6 Å². The number of fused-ring (bicyclic) bond motifs is 1. The fourth-order valence-electron chi connectivity index (χ4n) is 3.00. The lowest BCUT2D eigenvalue weighted by Gasteiger charge is -2.16. The number of aromatic nitrogens is 2. The van der Waals surface area contributed by atoms with Crippen LogP contribution < -0.4 is 10.6 Å². The van der Waals surface area contributed by atoms with Gasteiger partial charge in [-0.1, -0.05) is 6.42 Å². The fourth-order valence-corrected chi connectivity index (χ4v) is 3.00. The van der Waals surface area contributed by atoms with Crippen molar-refractivity contribution in [1.29, 1.82) is 0 Å². The summed E-state index contributed by atoms with van der Waals surface area (Å²) in [5.74, 6) is 1.81. The van der Waals surface area contributed by atoms with E-state index >= 15 is 0 Å². The zero-order chi connectivity index (χ0) is 11.0. The summed E-state index contributed by atoms with van der Waals surface area (Å²) >= 11 is 0. The Morgan fingerprint density at radius 1 is 1.50 bits per heavy atom. The molecule has 1 saturated carbocycles. The highest BCUT2D eigenvalue weighted by atomic mass is 16.2. The van der Waals surface area contributed by atoms with E-state index in [1.165, 1.54) is 19.3 Å². The first kappa shape index (κ1) is 9.84. The smallest absolute Gasteiger partial charge is 0.244 e. The van der Waals surface area contributed by atoms with Crippen molar-refractivity contribution in [3.8, 4) is 0 Å². The Bertz CT molecular complexity index is 375. The number of hydrogen-bond donors (Lipinski definition) is 3. The molecule has 1 aromatic heterocycles. The molecule has 5 heteroatoms. The number of rotatable bonds is 2. The quantitative estimate of drug-likeness (QED) is 0.688. The van der Waals surface area contributed by atoms with E-state index < -0.39 is 0 Å². The maximum absolute atomic E-state index is 12.0. The van der Waals surface area contributed by atoms with Gasteiger partial charge in [-0.3, -0.25) is 10.1 Å². The van der Waals surface area contributed by atoms with Gasteiger partial charge in [0.2, 0.25) is 11.9 Å². The lowest BCUT2D eigenvalue weighted by atomic mass is 9.94. The van der Waals surface area contributed by atoms with Gasteiger partial charge < -0.3 is 10.3 Å². The second-order valence-corrected chi connectivity index (χ2v) is 4.67. The summed E-state index contributed by atoms with van der Waals surface area (Å²) in [6.45, 7) is 0.987. The number of hydrogen-bond acceptors (Lipinski definition) is 3. The second kappa shape index (κ2) is 3.90. The van der Waals surface area contributed by atoms with Gasteiger partial charge in [0.15, 0.2) is 0 Å². The van der Waals surface area contributed by atoms with Crippen LogP contribution in [0.3, 0.4) is 0 Å². The molecule has 1 aromatic rings. The van der Waals surface area contributed by atoms with Crippen molar-refractivity contribution < 1.29 is 4.79 Å². The van der Waals surface area contributed by atoms with Crippen LogP contribution in [0.1, 0.15) is 19.3 Å². The van der Waals surface area contributed by atoms with Crippen molar-refractivity contribution in [1.82, 2.24) is 15.3 Å². The van der Waals surface area contributed by atoms with Crippen molar-refractivity contribution in [2.24, 2.45) is 11.8 Å². The number of H-pyrrole nitrogens is 1. The number of carbonyl (C=O) groups excluding carboxylic acids is 1. The van der Waals surface area contributed by atoms with Gasteiger partial charge in [-0.25, -0.2) is 4.98 Å². The Labute approximate surface area is 94.0 Å². The molecular weight excluding hydrogens is 204 g/mol. The topological polar surface area (TPSA) is 69.8 Å². The van der Waals surface area contributed by atoms with Crippen molar-refractivity contribution in [2.45, 2.75) is 25.3 Å². The van der Waals surface area contributed by atoms with Gasteiger partial charge in [0.25, 0.3) is 0 Å². The van der Waals surface area contributed by atoms with E-state index in [0.717, 1.165) is 6.54 Å². The molecule has 0 aromatic carbocycles. The van der Waals surface area contributed by atoms with Crippen LogP contribution in [0.25, 0.3) is 0 Å². The van der Waals surface area contributed by atoms with Crippen LogP contribution >= 0.6 is 0 Å². The Morgan fingerprint density at radius 2 is 2.44 bits per heavy atom. The summed E-state index contributed by atoms with van der Waals surface area (Å²) in [6, 6.07) is -0.0300. The summed E-state index contributed by atoms with van der Waals surface area (Å²) in [4.78, 5) is 18.9. The van der Waals surface area contributed by atoms with Crippen molar-refractivity contribution in [3.05, 3.63) is 12.4 Å². The van der Waals surface area contributed by atoms with E-state index in [-0.39, 0.29) is 11.9 Å². The van der Waals surface area contributed by atoms with Crippen LogP contribution in [0.15, 0.2) is 12.4 Å². The van der Waals surface area contributed by atoms with E-state index in [9.17, 15) is 4.79 Å². The Kier molecular flexibility index (Phi) is 2.40. The highest BCUT2D eigenvalue weighted by Crippen LogP contribution is 2.37. The summed E-state index contributed by atoms with van der Waals surface area (Å²) in [5, 5.41) is 6.13. The predicted octanol–water partition coefficient (Wildman–Crippen LogP) is 0.736. The average molecular weight is 220 g/mol. The highest BCUT2D eigenvalue weighted by Gasteiger charge is 2.42. The molecule has 2 heterocycles. The molecular formula is C11H16N4O. The van der Waals surface area contributed by atoms with Crippen LogP contribution in [0, 0.1) is 11.8 Å². The fraction of sp³-hybridized carbons (Fsp3) is 0.636. The predicted molar refractivity (Wildman–Crippen MR) is 59.8 cm³/mol. The molecule has 0 bridgehead atoms. The maximum Gasteiger partial charge on any atom is 0.244 e. The number of imidazole rings is 1. The summed E-state index contributed by atoms with van der Waals surface area (Å²) in [6.07, 6.45) is 7.05. The van der Waals surface area contributed by atoms with E-state index in [0.29, 0.717) is 17.8 Å². The molecule has 3 N–H and O–H groups in total. The molecule has 1 saturated heterocycles. The zero-order valence-corrected chi connectivity index (χ0v) is 9.07. The lowest BCUT2D eigenvalue weighted by molar-refractivity contribution is -0.118. The Morgan fingerprint density at radius 3 is 3.25 bits per heavy atom. The number of amides is 1. The average Bonchev–Trinajstić information content (AvgIpc) is 2.92. The number of aromatic amines is 1. The maximum atomic E-state index is 12.0. The van der Waals surface area contributed by atoms with E-state index in [4.69, 9.17) is 0 Å². The first-order valence-electron chi connectivity index (χ1n) is 5.88. The van der Waals surface area contributed by atoms with Crippen LogP contribution in [-0.4, -0.2) is 28.5 Å². The van der Waals surface area contributed by atoms with Crippen molar-refractivity contribution in [3.63, 3.8) is 0 Å². The Hall–Kier alpha value is -1.36. The van der Waals surface area contributed by atoms with Crippen molar-refractivity contribution in [2.75, 3.05) is 11.9 Å². The lowest BCUT2D eigenvalue weighted by Crippen LogP contribution is -2.39. The van der Waals surface area contributed by atoms with Gasteiger partial charge in [-0.05, 0) is 31.2 Å². The van der Waals surface area contributed by atoms with Gasteiger partial charge in [0, 0.05) is 12.4 Å². The molecule has 3 atom stereocenters. The third kappa shape index (κ3) is 1.61. The highest BCUT2D eigenvalue weighted by molar-refractivity contribution is 5.93. The summed E-state index contributed by atoms with van der Waals surface area (Å²) in [7, 11) is 0. The van der Waals surface area contributed by atoms with Crippen LogP contribution in [0.5, 0.6) is 0 Å². The van der Waals surface area contributed by atoms with Gasteiger partial charge in [-0.15, -0.1) is 0 Å². The third-order valence-corrected chi connectivity index (χ3v) is 3.77. The zero-order valence-electron chi connectivity index (χ0n) is 9.07. The number of carbonyl (C=O) groups is 1. The van der Waals surface area contributed by atoms with Gasteiger partial charge in [0.1, 0.15) is 0 Å². The van der Waals surface area contributed by atoms with Crippen LogP contribution in [0.4, 0.5) is 5.95 Å². The number of anilines is 1. The second-order valence-electron chi connectivity index (χ2n) is 4.67. The first-order valence-corrected chi connectivity index (χ1v) is 5.88. The van der Waals surface area contributed by atoms with Gasteiger partial charge >= 0.3 is 0 Å². The van der Waals surface area contributed by atoms with Crippen LogP contribution in [0.2, 0.25) is 0 Å². The Balaban J connectivity index is 1.67. The molecule has 1 aliphatic heterocycles. The molecule has 16 heavy (non-hydrogen) atoms. The largest absolute Gasteiger partial charge is 0.331 e. The third-order valence-electron chi connectivity index (χ3n) is 3.77. The molecule has 3 unspecified atom stereocenters. The molecule has 5 nitrogen and oxygen atoms in total. The van der Waals surface area contributed by atoms with Crippen molar-refractivity contribution >= 4 is 11.9 Å². The monoisotopic (exact) mass is 220 g/mol. The first-order chi connectivity index (χ1) is 7.84. The van der Waals surface area contributed by atoms with E-state index in [1.54, 1.807) is 12.4 Å². The molecule has 2 aliphatic rings. The molecule has 2 fully saturated rings. The molecule has 1 aliphatic carbocycles. The SMILES string of the molecule is O=C(Nc1ncc[nH]1)C1NCC2CCCC21. The molecule has 0 spiro atoms. The number of nitrogens with one attached hydrogen (secondary N) is 3.